The SMILES string of the molecule is CCC(C)(C)Oc1ccc(N)c(C(F)(F)F)c1. The van der Waals surface area contributed by atoms with Gasteiger partial charge in [-0.05, 0) is 38.5 Å². The number of rotatable bonds is 3. The number of alkyl halides is 3. The van der Waals surface area contributed by atoms with Gasteiger partial charge in [0, 0.05) is 5.69 Å². The highest BCUT2D eigenvalue weighted by Gasteiger charge is 2.33. The Morgan fingerprint density at radius 3 is 2.29 bits per heavy atom. The predicted octanol–water partition coefficient (Wildman–Crippen LogP) is 3.86. The zero-order chi connectivity index (χ0) is 13.3. The molecule has 0 unspecified atom stereocenters. The molecule has 0 aliphatic rings. The Morgan fingerprint density at radius 1 is 1.24 bits per heavy atom. The summed E-state index contributed by atoms with van der Waals surface area (Å²) in [6.45, 7) is 5.54. The molecule has 0 fully saturated rings. The first-order chi connectivity index (χ1) is 7.65. The smallest absolute Gasteiger partial charge is 0.418 e. The Kier molecular flexibility index (Phi) is 3.59. The van der Waals surface area contributed by atoms with Crippen molar-refractivity contribution >= 4 is 5.69 Å². The van der Waals surface area contributed by atoms with Crippen LogP contribution in [0.2, 0.25) is 0 Å². The van der Waals surface area contributed by atoms with Crippen LogP contribution in [0, 0.1) is 0 Å². The maximum atomic E-state index is 12.6. The van der Waals surface area contributed by atoms with Crippen molar-refractivity contribution in [3.63, 3.8) is 0 Å². The minimum absolute atomic E-state index is 0.179. The van der Waals surface area contributed by atoms with Crippen molar-refractivity contribution in [2.24, 2.45) is 0 Å². The fourth-order valence-corrected chi connectivity index (χ4v) is 1.24. The van der Waals surface area contributed by atoms with Gasteiger partial charge < -0.3 is 10.5 Å². The second-order valence-corrected chi connectivity index (χ2v) is 4.46. The van der Waals surface area contributed by atoms with E-state index < -0.39 is 17.3 Å². The van der Waals surface area contributed by atoms with Crippen LogP contribution in [0.1, 0.15) is 32.8 Å². The van der Waals surface area contributed by atoms with E-state index in [-0.39, 0.29) is 11.4 Å². The van der Waals surface area contributed by atoms with Crippen molar-refractivity contribution < 1.29 is 17.9 Å². The number of benzene rings is 1. The van der Waals surface area contributed by atoms with Gasteiger partial charge in [0.2, 0.25) is 0 Å². The summed E-state index contributed by atoms with van der Waals surface area (Å²) >= 11 is 0. The number of hydrogen-bond acceptors (Lipinski definition) is 2. The quantitative estimate of drug-likeness (QED) is 0.823. The first-order valence-corrected chi connectivity index (χ1v) is 5.31. The first kappa shape index (κ1) is 13.7. The van der Waals surface area contributed by atoms with Crippen molar-refractivity contribution in [2.45, 2.75) is 39.0 Å². The van der Waals surface area contributed by atoms with Gasteiger partial charge in [-0.25, -0.2) is 0 Å². The van der Waals surface area contributed by atoms with E-state index in [0.717, 1.165) is 6.07 Å². The second-order valence-electron chi connectivity index (χ2n) is 4.46. The summed E-state index contributed by atoms with van der Waals surface area (Å²) in [6.07, 6.45) is -3.77. The first-order valence-electron chi connectivity index (χ1n) is 5.31. The Labute approximate surface area is 98.6 Å². The highest BCUT2D eigenvalue weighted by molar-refractivity contribution is 5.52. The third-order valence-corrected chi connectivity index (χ3v) is 2.58. The second kappa shape index (κ2) is 4.47. The number of halogens is 3. The average Bonchev–Trinajstić information content (AvgIpc) is 2.19. The van der Waals surface area contributed by atoms with E-state index in [1.807, 2.05) is 20.8 Å². The van der Waals surface area contributed by atoms with Crippen LogP contribution in [-0.4, -0.2) is 5.60 Å². The third kappa shape index (κ3) is 3.54. The van der Waals surface area contributed by atoms with Crippen LogP contribution in [0.15, 0.2) is 18.2 Å². The molecule has 0 saturated heterocycles. The number of anilines is 1. The number of nitrogens with two attached hydrogens (primary N) is 1. The lowest BCUT2D eigenvalue weighted by Crippen LogP contribution is -2.27. The van der Waals surface area contributed by atoms with Gasteiger partial charge in [0.25, 0.3) is 0 Å². The lowest BCUT2D eigenvalue weighted by Gasteiger charge is -2.25. The molecule has 0 amide bonds. The van der Waals surface area contributed by atoms with Gasteiger partial charge in [-0.3, -0.25) is 0 Å². The van der Waals surface area contributed by atoms with E-state index in [2.05, 4.69) is 0 Å². The molecule has 96 valence electrons. The van der Waals surface area contributed by atoms with Crippen LogP contribution >= 0.6 is 0 Å². The summed E-state index contributed by atoms with van der Waals surface area (Å²) in [4.78, 5) is 0. The van der Waals surface area contributed by atoms with Gasteiger partial charge in [-0.2, -0.15) is 13.2 Å². The van der Waals surface area contributed by atoms with Gasteiger partial charge in [-0.15, -0.1) is 0 Å². The molecule has 0 radical (unpaired) electrons. The van der Waals surface area contributed by atoms with Crippen LogP contribution in [0.3, 0.4) is 0 Å². The van der Waals surface area contributed by atoms with Crippen molar-refractivity contribution in [1.29, 1.82) is 0 Å². The van der Waals surface area contributed by atoms with Gasteiger partial charge >= 0.3 is 6.18 Å². The molecule has 5 heteroatoms. The molecule has 1 aromatic carbocycles. The zero-order valence-electron chi connectivity index (χ0n) is 10.1. The number of nitrogen functional groups attached to an aromatic ring is 1. The van der Waals surface area contributed by atoms with Crippen molar-refractivity contribution in [1.82, 2.24) is 0 Å². The van der Waals surface area contributed by atoms with E-state index in [9.17, 15) is 13.2 Å². The molecule has 0 aliphatic carbocycles. The molecular formula is C12H16F3NO. The number of ether oxygens (including phenoxy) is 1. The summed E-state index contributed by atoms with van der Waals surface area (Å²) in [5, 5.41) is 0. The molecule has 0 saturated carbocycles. The minimum Gasteiger partial charge on any atom is -0.488 e. The minimum atomic E-state index is -4.46. The predicted molar refractivity (Wildman–Crippen MR) is 60.9 cm³/mol. The van der Waals surface area contributed by atoms with Gasteiger partial charge in [0.05, 0.1) is 5.56 Å². The van der Waals surface area contributed by atoms with Crippen molar-refractivity contribution in [3.8, 4) is 5.75 Å². The molecular weight excluding hydrogens is 231 g/mol. The van der Waals surface area contributed by atoms with Gasteiger partial charge in [0.1, 0.15) is 11.4 Å². The molecule has 1 rings (SSSR count). The monoisotopic (exact) mass is 247 g/mol. The molecule has 1 aromatic rings. The highest BCUT2D eigenvalue weighted by Crippen LogP contribution is 2.36. The summed E-state index contributed by atoms with van der Waals surface area (Å²) in [5.41, 5.74) is 3.64. The largest absolute Gasteiger partial charge is 0.488 e. The fourth-order valence-electron chi connectivity index (χ4n) is 1.24. The summed E-state index contributed by atoms with van der Waals surface area (Å²) < 4.78 is 43.3. The summed E-state index contributed by atoms with van der Waals surface area (Å²) in [6, 6.07) is 3.60. The summed E-state index contributed by atoms with van der Waals surface area (Å²) in [7, 11) is 0. The normalized spacial score (nSPS) is 12.6. The Morgan fingerprint density at radius 2 is 1.82 bits per heavy atom. The number of hydrogen-bond donors (Lipinski definition) is 1. The Hall–Kier alpha value is -1.39. The highest BCUT2D eigenvalue weighted by atomic mass is 19.4. The van der Waals surface area contributed by atoms with Gasteiger partial charge in [-0.1, -0.05) is 6.92 Å². The molecule has 0 aliphatic heterocycles. The topological polar surface area (TPSA) is 35.2 Å². The van der Waals surface area contributed by atoms with E-state index in [4.69, 9.17) is 10.5 Å². The van der Waals surface area contributed by atoms with Crippen molar-refractivity contribution in [2.75, 3.05) is 5.73 Å². The van der Waals surface area contributed by atoms with E-state index in [1.54, 1.807) is 0 Å². The van der Waals surface area contributed by atoms with Crippen LogP contribution < -0.4 is 10.5 Å². The maximum absolute atomic E-state index is 12.6. The zero-order valence-corrected chi connectivity index (χ0v) is 10.1. The Balaban J connectivity index is 3.06. The standard InChI is InChI=1S/C12H16F3NO/c1-4-11(2,3)17-8-5-6-10(16)9(7-8)12(13,14)15/h5-7H,4,16H2,1-3H3. The van der Waals surface area contributed by atoms with E-state index >= 15 is 0 Å². The molecule has 2 nitrogen and oxygen atoms in total. The third-order valence-electron chi connectivity index (χ3n) is 2.58. The summed E-state index contributed by atoms with van der Waals surface area (Å²) in [5.74, 6) is 0.179. The van der Waals surface area contributed by atoms with Crippen LogP contribution in [0.5, 0.6) is 5.75 Å². The lowest BCUT2D eigenvalue weighted by molar-refractivity contribution is -0.137. The van der Waals surface area contributed by atoms with Crippen LogP contribution in [0.4, 0.5) is 18.9 Å². The van der Waals surface area contributed by atoms with Crippen molar-refractivity contribution in [3.05, 3.63) is 23.8 Å². The molecule has 0 aromatic heterocycles. The van der Waals surface area contributed by atoms with E-state index in [0.29, 0.717) is 6.42 Å². The molecule has 0 spiro atoms. The van der Waals surface area contributed by atoms with Crippen LogP contribution in [-0.2, 0) is 6.18 Å². The average molecular weight is 247 g/mol. The Bertz CT molecular complexity index is 399. The van der Waals surface area contributed by atoms with E-state index in [1.165, 1.54) is 12.1 Å². The molecule has 0 bridgehead atoms. The fraction of sp³-hybridized carbons (Fsp3) is 0.500. The molecule has 2 N–H and O–H groups in total. The van der Waals surface area contributed by atoms with Gasteiger partial charge in [0.15, 0.2) is 0 Å². The molecule has 0 heterocycles. The molecule has 17 heavy (non-hydrogen) atoms. The lowest BCUT2D eigenvalue weighted by atomic mass is 10.1. The van der Waals surface area contributed by atoms with Crippen LogP contribution in [0.25, 0.3) is 0 Å². The molecule has 0 atom stereocenters. The maximum Gasteiger partial charge on any atom is 0.418 e.